The van der Waals surface area contributed by atoms with Gasteiger partial charge in [0.1, 0.15) is 5.82 Å². The highest BCUT2D eigenvalue weighted by Crippen LogP contribution is 2.32. The van der Waals surface area contributed by atoms with E-state index in [4.69, 9.17) is 11.5 Å². The summed E-state index contributed by atoms with van der Waals surface area (Å²) >= 11 is 0. The highest BCUT2D eigenvalue weighted by atomic mass is 19.1. The van der Waals surface area contributed by atoms with E-state index >= 15 is 0 Å². The van der Waals surface area contributed by atoms with Gasteiger partial charge in [0, 0.05) is 35.9 Å². The Hall–Kier alpha value is -2.44. The molecule has 4 nitrogen and oxygen atoms in total. The van der Waals surface area contributed by atoms with Crippen LogP contribution in [0.1, 0.15) is 58.9 Å². The van der Waals surface area contributed by atoms with Gasteiger partial charge in [-0.15, -0.1) is 0 Å². The lowest BCUT2D eigenvalue weighted by Gasteiger charge is -2.27. The van der Waals surface area contributed by atoms with E-state index in [-0.39, 0.29) is 37.3 Å². The highest BCUT2D eigenvalue weighted by Gasteiger charge is 2.36. The van der Waals surface area contributed by atoms with E-state index < -0.39 is 0 Å². The topological polar surface area (TPSA) is 81.1 Å². The van der Waals surface area contributed by atoms with Crippen molar-refractivity contribution < 1.29 is 9.18 Å². The lowest BCUT2D eigenvalue weighted by atomic mass is 9.39. The largest absolute Gasteiger partial charge is 0.389 e. The molecule has 4 rings (SSSR count). The van der Waals surface area contributed by atoms with Gasteiger partial charge in [-0.3, -0.25) is 4.79 Å². The van der Waals surface area contributed by atoms with E-state index in [1.165, 1.54) is 11.6 Å². The molecule has 2 aliphatic rings. The monoisotopic (exact) mass is 393 g/mol. The van der Waals surface area contributed by atoms with Gasteiger partial charge in [-0.1, -0.05) is 38.0 Å². The molecular formula is C23H29BFN3O. The van der Waals surface area contributed by atoms with Crippen molar-refractivity contribution in [3.63, 3.8) is 0 Å². The molecule has 5 N–H and O–H groups in total. The van der Waals surface area contributed by atoms with Crippen molar-refractivity contribution in [3.05, 3.63) is 75.5 Å². The average molecular weight is 393 g/mol. The van der Waals surface area contributed by atoms with Crippen molar-refractivity contribution in [3.8, 4) is 0 Å². The minimum absolute atomic E-state index is 0.104. The molecule has 29 heavy (non-hydrogen) atoms. The van der Waals surface area contributed by atoms with Gasteiger partial charge in [-0.05, 0) is 54.1 Å². The van der Waals surface area contributed by atoms with E-state index in [9.17, 15) is 9.18 Å². The van der Waals surface area contributed by atoms with Crippen molar-refractivity contribution in [1.29, 1.82) is 0 Å². The molecule has 0 radical (unpaired) electrons. The molecule has 2 heterocycles. The zero-order valence-corrected chi connectivity index (χ0v) is 17.4. The summed E-state index contributed by atoms with van der Waals surface area (Å²) in [5.74, 6) is 2.22. The van der Waals surface area contributed by atoms with Crippen LogP contribution in [0.5, 0.6) is 0 Å². The first-order chi connectivity index (χ1) is 14.0. The summed E-state index contributed by atoms with van der Waals surface area (Å²) in [6.07, 6.45) is 1.67. The Morgan fingerprint density at radius 1 is 1.24 bits per heavy atom. The molecule has 2 aliphatic heterocycles. The number of carbonyl (C=O) groups excluding carboxylic acids is 1. The van der Waals surface area contributed by atoms with E-state index in [1.54, 1.807) is 6.92 Å². The van der Waals surface area contributed by atoms with Crippen molar-refractivity contribution >= 4 is 18.2 Å². The summed E-state index contributed by atoms with van der Waals surface area (Å²) in [5, 5.41) is 3.55. The van der Waals surface area contributed by atoms with Crippen LogP contribution in [0, 0.1) is 5.82 Å². The number of Topliss-reactive ketones (excluding diaryl/α,β-unsaturated/α-hetero) is 1. The maximum absolute atomic E-state index is 14.5. The number of carbonyl (C=O) groups is 1. The summed E-state index contributed by atoms with van der Waals surface area (Å²) in [6.45, 7) is 6.29. The Labute approximate surface area is 172 Å². The molecule has 2 aromatic carbocycles. The molecule has 2 aromatic rings. The van der Waals surface area contributed by atoms with Gasteiger partial charge in [0.25, 0.3) is 0 Å². The van der Waals surface area contributed by atoms with Crippen LogP contribution in [0.25, 0.3) is 5.70 Å². The van der Waals surface area contributed by atoms with E-state index in [1.807, 2.05) is 32.0 Å². The molecule has 0 fully saturated rings. The van der Waals surface area contributed by atoms with Gasteiger partial charge in [-0.25, -0.2) is 4.39 Å². The minimum Gasteiger partial charge on any atom is -0.389 e. The molecule has 0 amide bonds. The van der Waals surface area contributed by atoms with Gasteiger partial charge in [0.15, 0.2) is 12.5 Å². The SMILES string of the molecule is CC.CC(=O)c1cccc2c1CB1C=C(c3cc(F)c(CN)c(CN)c3)NC1C2. The van der Waals surface area contributed by atoms with E-state index in [0.717, 1.165) is 40.7 Å². The van der Waals surface area contributed by atoms with Gasteiger partial charge in [-0.2, -0.15) is 0 Å². The molecule has 0 aliphatic carbocycles. The molecule has 0 aromatic heterocycles. The first-order valence-corrected chi connectivity index (χ1v) is 10.3. The van der Waals surface area contributed by atoms with Crippen LogP contribution in [0.4, 0.5) is 4.39 Å². The van der Waals surface area contributed by atoms with E-state index in [2.05, 4.69) is 17.4 Å². The second kappa shape index (κ2) is 8.93. The first-order valence-electron chi connectivity index (χ1n) is 10.3. The molecule has 0 saturated carbocycles. The number of ketones is 1. The smallest absolute Gasteiger partial charge is 0.199 e. The predicted molar refractivity (Wildman–Crippen MR) is 118 cm³/mol. The fraction of sp³-hybridized carbons (Fsp3) is 0.348. The van der Waals surface area contributed by atoms with Crippen LogP contribution < -0.4 is 16.8 Å². The van der Waals surface area contributed by atoms with Crippen LogP contribution in [0.15, 0.2) is 36.3 Å². The number of benzene rings is 2. The van der Waals surface area contributed by atoms with Gasteiger partial charge < -0.3 is 16.8 Å². The molecule has 1 atom stereocenters. The third-order valence-electron chi connectivity index (χ3n) is 5.79. The Kier molecular flexibility index (Phi) is 6.55. The van der Waals surface area contributed by atoms with Crippen LogP contribution in [0.3, 0.4) is 0 Å². The van der Waals surface area contributed by atoms with Crippen LogP contribution in [0.2, 0.25) is 0 Å². The number of hydrogen-bond acceptors (Lipinski definition) is 4. The lowest BCUT2D eigenvalue weighted by molar-refractivity contribution is 0.101. The third-order valence-corrected chi connectivity index (χ3v) is 5.79. The standard InChI is InChI=1S/C21H23BFN3O.C2H6/c1-12(27)16-4-2-3-13-7-21-22(8-17(13)16)9-20(26-21)14-5-15(10-24)18(11-25)19(23)6-14;1-2/h2-6,9,21,26H,7-8,10-11,24-25H2,1H3;1-2H3. The lowest BCUT2D eigenvalue weighted by Crippen LogP contribution is -2.42. The van der Waals surface area contributed by atoms with Crippen molar-refractivity contribution in [2.45, 2.75) is 52.5 Å². The molecule has 0 saturated heterocycles. The number of hydrogen-bond donors (Lipinski definition) is 3. The number of nitrogens with two attached hydrogens (primary N) is 2. The zero-order chi connectivity index (χ0) is 21.1. The Morgan fingerprint density at radius 2 is 2.00 bits per heavy atom. The van der Waals surface area contributed by atoms with Crippen molar-refractivity contribution in [2.24, 2.45) is 11.5 Å². The third kappa shape index (κ3) is 4.00. The number of rotatable bonds is 4. The minimum atomic E-state index is -0.310. The predicted octanol–water partition coefficient (Wildman–Crippen LogP) is 3.20. The first kappa shape index (κ1) is 21.3. The Balaban J connectivity index is 0.00000117. The van der Waals surface area contributed by atoms with Crippen LogP contribution in [-0.2, 0) is 25.8 Å². The zero-order valence-electron chi connectivity index (χ0n) is 17.4. The van der Waals surface area contributed by atoms with Gasteiger partial charge >= 0.3 is 0 Å². The highest BCUT2D eigenvalue weighted by molar-refractivity contribution is 6.68. The second-order valence-electron chi connectivity index (χ2n) is 7.41. The summed E-state index contributed by atoms with van der Waals surface area (Å²) in [4.78, 5) is 12.0. The molecular weight excluding hydrogens is 364 g/mol. The summed E-state index contributed by atoms with van der Waals surface area (Å²) in [5.41, 5.74) is 17.6. The maximum Gasteiger partial charge on any atom is 0.199 e. The number of nitrogens with one attached hydrogen (secondary N) is 1. The van der Waals surface area contributed by atoms with Crippen LogP contribution >= 0.6 is 0 Å². The second-order valence-corrected chi connectivity index (χ2v) is 7.41. The fourth-order valence-electron chi connectivity index (χ4n) is 4.40. The fourth-order valence-corrected chi connectivity index (χ4v) is 4.40. The average Bonchev–Trinajstić information content (AvgIpc) is 3.15. The van der Waals surface area contributed by atoms with Crippen molar-refractivity contribution in [1.82, 2.24) is 5.32 Å². The molecule has 152 valence electrons. The molecule has 0 bridgehead atoms. The van der Waals surface area contributed by atoms with Gasteiger partial charge in [0.2, 0.25) is 0 Å². The molecule has 6 heteroatoms. The molecule has 1 unspecified atom stereocenters. The van der Waals surface area contributed by atoms with E-state index in [0.29, 0.717) is 5.56 Å². The molecule has 0 spiro atoms. The Bertz CT molecular complexity index is 957. The number of fused-ring (bicyclic) bond motifs is 2. The quantitative estimate of drug-likeness (QED) is 0.551. The van der Waals surface area contributed by atoms with Gasteiger partial charge in [0.05, 0.1) is 0 Å². The maximum atomic E-state index is 14.5. The van der Waals surface area contributed by atoms with Crippen molar-refractivity contribution in [2.75, 3.05) is 0 Å². The number of halogens is 1. The Morgan fingerprint density at radius 3 is 2.66 bits per heavy atom. The normalized spacial score (nSPS) is 16.8. The summed E-state index contributed by atoms with van der Waals surface area (Å²) < 4.78 is 14.5. The summed E-state index contributed by atoms with van der Waals surface area (Å²) in [7, 11) is 0. The van der Waals surface area contributed by atoms with Crippen LogP contribution in [-0.4, -0.2) is 18.4 Å². The summed E-state index contributed by atoms with van der Waals surface area (Å²) in [6, 6.07) is 9.41.